The normalized spacial score (nSPS) is 9.77. The summed E-state index contributed by atoms with van der Waals surface area (Å²) in [6, 6.07) is 8.32. The van der Waals surface area contributed by atoms with Crippen LogP contribution in [0.4, 0.5) is 0 Å². The van der Waals surface area contributed by atoms with Gasteiger partial charge >= 0.3 is 5.63 Å². The first-order valence-electron chi connectivity index (χ1n) is 6.64. The van der Waals surface area contributed by atoms with E-state index in [1.165, 1.54) is 6.07 Å². The van der Waals surface area contributed by atoms with E-state index >= 15 is 0 Å². The van der Waals surface area contributed by atoms with Gasteiger partial charge in [-0.1, -0.05) is 23.4 Å². The van der Waals surface area contributed by atoms with Crippen LogP contribution in [-0.4, -0.2) is 13.2 Å². The van der Waals surface area contributed by atoms with Gasteiger partial charge in [0.15, 0.2) is 0 Å². The Morgan fingerprint density at radius 3 is 2.50 bits per heavy atom. The molecule has 5 heteroatoms. The van der Waals surface area contributed by atoms with Crippen molar-refractivity contribution in [2.75, 3.05) is 13.2 Å². The molecule has 0 aliphatic carbocycles. The number of benzene rings is 1. The minimum absolute atomic E-state index is 0.172. The molecule has 1 heterocycles. The van der Waals surface area contributed by atoms with E-state index in [1.807, 2.05) is 19.1 Å². The Hall–Kier alpha value is -2.38. The predicted octanol–water partition coefficient (Wildman–Crippen LogP) is 3.37. The summed E-state index contributed by atoms with van der Waals surface area (Å²) in [5.74, 6) is 7.35. The van der Waals surface area contributed by atoms with Crippen LogP contribution in [0.25, 0.3) is 0 Å². The molecule has 0 fully saturated rings. The maximum atomic E-state index is 11.1. The standard InChI is InChI=1S/C17H15ClO4/c1-12-9-14(18)5-6-16(12)21-8-4-3-7-20-15-10-13(2)22-17(19)11-15/h5-6,9-11H,7-8H2,1-2H3. The largest absolute Gasteiger partial charge is 0.481 e. The van der Waals surface area contributed by atoms with E-state index in [0.29, 0.717) is 16.5 Å². The Labute approximate surface area is 133 Å². The van der Waals surface area contributed by atoms with Gasteiger partial charge in [0.1, 0.15) is 30.5 Å². The fourth-order valence-electron chi connectivity index (χ4n) is 1.77. The van der Waals surface area contributed by atoms with E-state index < -0.39 is 5.63 Å². The Morgan fingerprint density at radius 2 is 1.82 bits per heavy atom. The van der Waals surface area contributed by atoms with Gasteiger partial charge in [-0.25, -0.2) is 4.79 Å². The Kier molecular flexibility index (Phi) is 5.51. The molecule has 0 radical (unpaired) electrons. The highest BCUT2D eigenvalue weighted by molar-refractivity contribution is 6.30. The van der Waals surface area contributed by atoms with Gasteiger partial charge in [0.05, 0.1) is 6.07 Å². The zero-order valence-electron chi connectivity index (χ0n) is 12.3. The average molecular weight is 319 g/mol. The van der Waals surface area contributed by atoms with E-state index in [4.69, 9.17) is 25.5 Å². The first-order chi connectivity index (χ1) is 10.5. The van der Waals surface area contributed by atoms with Gasteiger partial charge in [0.25, 0.3) is 0 Å². The molecule has 1 aromatic heterocycles. The van der Waals surface area contributed by atoms with Crippen molar-refractivity contribution in [1.82, 2.24) is 0 Å². The minimum Gasteiger partial charge on any atom is -0.481 e. The van der Waals surface area contributed by atoms with Gasteiger partial charge < -0.3 is 13.9 Å². The second-order valence-corrected chi connectivity index (χ2v) is 5.00. The summed E-state index contributed by atoms with van der Waals surface area (Å²) in [5.41, 5.74) is 0.515. The highest BCUT2D eigenvalue weighted by Gasteiger charge is 1.99. The summed E-state index contributed by atoms with van der Waals surface area (Å²) in [4.78, 5) is 11.1. The molecule has 0 aliphatic rings. The first-order valence-corrected chi connectivity index (χ1v) is 7.01. The number of halogens is 1. The SMILES string of the molecule is Cc1cc(OCC#CCOc2ccc(Cl)cc2C)cc(=O)o1. The molecule has 0 aliphatic heterocycles. The van der Waals surface area contributed by atoms with Crippen LogP contribution < -0.4 is 15.1 Å². The lowest BCUT2D eigenvalue weighted by Crippen LogP contribution is -2.02. The molecule has 4 nitrogen and oxygen atoms in total. The Morgan fingerprint density at radius 1 is 1.09 bits per heavy atom. The molecule has 0 N–H and O–H groups in total. The average Bonchev–Trinajstić information content (AvgIpc) is 2.43. The summed E-state index contributed by atoms with van der Waals surface area (Å²) >= 11 is 5.87. The fourth-order valence-corrected chi connectivity index (χ4v) is 2.00. The summed E-state index contributed by atoms with van der Waals surface area (Å²) < 4.78 is 15.7. The molecule has 2 rings (SSSR count). The van der Waals surface area contributed by atoms with Crippen LogP contribution in [0.15, 0.2) is 39.5 Å². The highest BCUT2D eigenvalue weighted by Crippen LogP contribution is 2.21. The molecule has 2 aromatic rings. The van der Waals surface area contributed by atoms with Gasteiger partial charge in [0.2, 0.25) is 0 Å². The molecular weight excluding hydrogens is 304 g/mol. The van der Waals surface area contributed by atoms with E-state index in [1.54, 1.807) is 19.1 Å². The zero-order valence-corrected chi connectivity index (χ0v) is 13.1. The van der Waals surface area contributed by atoms with Crippen LogP contribution in [0, 0.1) is 25.7 Å². The summed E-state index contributed by atoms with van der Waals surface area (Å²) in [7, 11) is 0. The maximum absolute atomic E-state index is 11.1. The summed E-state index contributed by atoms with van der Waals surface area (Å²) in [6.45, 7) is 4.02. The van der Waals surface area contributed by atoms with Crippen LogP contribution >= 0.6 is 11.6 Å². The first kappa shape index (κ1) is 16.0. The van der Waals surface area contributed by atoms with Gasteiger partial charge in [-0.15, -0.1) is 0 Å². The zero-order chi connectivity index (χ0) is 15.9. The van der Waals surface area contributed by atoms with E-state index in [-0.39, 0.29) is 13.2 Å². The van der Waals surface area contributed by atoms with Crippen LogP contribution in [0.5, 0.6) is 11.5 Å². The number of ether oxygens (including phenoxy) is 2. The van der Waals surface area contributed by atoms with Crippen molar-refractivity contribution in [2.45, 2.75) is 13.8 Å². The van der Waals surface area contributed by atoms with Crippen molar-refractivity contribution in [1.29, 1.82) is 0 Å². The fraction of sp³-hybridized carbons (Fsp3) is 0.235. The van der Waals surface area contributed by atoms with Crippen molar-refractivity contribution in [3.8, 4) is 23.3 Å². The van der Waals surface area contributed by atoms with Crippen molar-refractivity contribution in [2.24, 2.45) is 0 Å². The highest BCUT2D eigenvalue weighted by atomic mass is 35.5. The molecule has 0 saturated heterocycles. The smallest absolute Gasteiger partial charge is 0.339 e. The van der Waals surface area contributed by atoms with Gasteiger partial charge in [0, 0.05) is 11.1 Å². The van der Waals surface area contributed by atoms with Crippen molar-refractivity contribution in [3.05, 3.63) is 57.1 Å². The quantitative estimate of drug-likeness (QED) is 0.811. The van der Waals surface area contributed by atoms with Crippen LogP contribution in [-0.2, 0) is 0 Å². The second kappa shape index (κ2) is 7.58. The van der Waals surface area contributed by atoms with Crippen molar-refractivity contribution >= 4 is 11.6 Å². The monoisotopic (exact) mass is 318 g/mol. The molecule has 0 unspecified atom stereocenters. The summed E-state index contributed by atoms with van der Waals surface area (Å²) in [6.07, 6.45) is 0. The van der Waals surface area contributed by atoms with Crippen molar-refractivity contribution in [3.63, 3.8) is 0 Å². The topological polar surface area (TPSA) is 48.7 Å². The second-order valence-electron chi connectivity index (χ2n) is 4.56. The maximum Gasteiger partial charge on any atom is 0.339 e. The van der Waals surface area contributed by atoms with Crippen LogP contribution in [0.1, 0.15) is 11.3 Å². The lowest BCUT2D eigenvalue weighted by Gasteiger charge is -2.05. The Balaban J connectivity index is 1.81. The molecule has 0 atom stereocenters. The number of hydrogen-bond acceptors (Lipinski definition) is 4. The molecule has 0 amide bonds. The predicted molar refractivity (Wildman–Crippen MR) is 84.7 cm³/mol. The molecule has 22 heavy (non-hydrogen) atoms. The minimum atomic E-state index is -0.440. The van der Waals surface area contributed by atoms with E-state index in [9.17, 15) is 4.79 Å². The third kappa shape index (κ3) is 4.87. The summed E-state index contributed by atoms with van der Waals surface area (Å²) in [5, 5.41) is 0.673. The number of rotatable bonds is 4. The third-order valence-electron chi connectivity index (χ3n) is 2.74. The van der Waals surface area contributed by atoms with Crippen LogP contribution in [0.2, 0.25) is 5.02 Å². The van der Waals surface area contributed by atoms with Crippen LogP contribution in [0.3, 0.4) is 0 Å². The Bertz CT molecular complexity index is 768. The molecule has 1 aromatic carbocycles. The third-order valence-corrected chi connectivity index (χ3v) is 2.98. The van der Waals surface area contributed by atoms with E-state index in [2.05, 4.69) is 11.8 Å². The molecule has 0 bridgehead atoms. The number of aryl methyl sites for hydroxylation is 2. The van der Waals surface area contributed by atoms with Gasteiger partial charge in [-0.2, -0.15) is 0 Å². The van der Waals surface area contributed by atoms with Gasteiger partial charge in [-0.05, 0) is 37.6 Å². The lowest BCUT2D eigenvalue weighted by atomic mass is 10.2. The van der Waals surface area contributed by atoms with E-state index in [0.717, 1.165) is 11.3 Å². The lowest BCUT2D eigenvalue weighted by molar-refractivity contribution is 0.355. The molecule has 0 spiro atoms. The molecule has 0 saturated carbocycles. The van der Waals surface area contributed by atoms with Crippen molar-refractivity contribution < 1.29 is 13.9 Å². The molecular formula is C17H15ClO4. The number of hydrogen-bond donors (Lipinski definition) is 0. The molecule has 114 valence electrons. The van der Waals surface area contributed by atoms with Gasteiger partial charge in [-0.3, -0.25) is 0 Å².